The molecule has 5 nitrogen and oxygen atoms in total. The summed E-state index contributed by atoms with van der Waals surface area (Å²) in [6.45, 7) is 2.80. The van der Waals surface area contributed by atoms with E-state index in [0.717, 1.165) is 11.3 Å². The predicted octanol–water partition coefficient (Wildman–Crippen LogP) is 4.20. The van der Waals surface area contributed by atoms with Gasteiger partial charge in [-0.3, -0.25) is 0 Å². The summed E-state index contributed by atoms with van der Waals surface area (Å²) in [6, 6.07) is 13.5. The standard InChI is InChI=1S/C20H21ClFN3O2/c1-2-23-20(26)25(12-15-5-3-4-6-18(15)22)13-17-11-19(24-27-17)14-7-9-16(21)10-8-14/h3-10,17H,2,11-13H2,1H3,(H,23,26). The first kappa shape index (κ1) is 19.2. The van der Waals surface area contributed by atoms with E-state index >= 15 is 0 Å². The van der Waals surface area contributed by atoms with Crippen LogP contribution >= 0.6 is 11.6 Å². The van der Waals surface area contributed by atoms with E-state index in [0.29, 0.717) is 30.1 Å². The van der Waals surface area contributed by atoms with E-state index in [1.54, 1.807) is 35.2 Å². The van der Waals surface area contributed by atoms with Crippen molar-refractivity contribution in [2.75, 3.05) is 13.1 Å². The molecule has 0 saturated heterocycles. The number of nitrogens with zero attached hydrogens (tertiary/aromatic N) is 2. The van der Waals surface area contributed by atoms with Gasteiger partial charge < -0.3 is 15.1 Å². The van der Waals surface area contributed by atoms with Gasteiger partial charge in [-0.15, -0.1) is 0 Å². The highest BCUT2D eigenvalue weighted by Gasteiger charge is 2.27. The van der Waals surface area contributed by atoms with E-state index in [-0.39, 0.29) is 24.5 Å². The zero-order valence-electron chi connectivity index (χ0n) is 15.0. The summed E-state index contributed by atoms with van der Waals surface area (Å²) in [5.41, 5.74) is 2.19. The van der Waals surface area contributed by atoms with Crippen LogP contribution < -0.4 is 5.32 Å². The number of hydrogen-bond donors (Lipinski definition) is 1. The molecule has 1 heterocycles. The van der Waals surface area contributed by atoms with Crippen LogP contribution in [0.5, 0.6) is 0 Å². The third-order valence-corrected chi connectivity index (χ3v) is 4.52. The Hall–Kier alpha value is -2.60. The number of halogens is 2. The number of urea groups is 1. The molecular formula is C20H21ClFN3O2. The van der Waals surface area contributed by atoms with Crippen LogP contribution in [0.15, 0.2) is 53.7 Å². The van der Waals surface area contributed by atoms with Gasteiger partial charge in [0.1, 0.15) is 5.82 Å². The Balaban J connectivity index is 1.67. The van der Waals surface area contributed by atoms with Crippen molar-refractivity contribution in [1.29, 1.82) is 0 Å². The zero-order valence-corrected chi connectivity index (χ0v) is 15.7. The lowest BCUT2D eigenvalue weighted by Crippen LogP contribution is -2.43. The maximum absolute atomic E-state index is 14.0. The van der Waals surface area contributed by atoms with Crippen molar-refractivity contribution in [3.05, 3.63) is 70.5 Å². The minimum absolute atomic E-state index is 0.161. The molecule has 1 aliphatic rings. The number of benzene rings is 2. The number of rotatable bonds is 6. The van der Waals surface area contributed by atoms with E-state index in [1.807, 2.05) is 19.1 Å². The molecule has 3 rings (SSSR count). The van der Waals surface area contributed by atoms with Gasteiger partial charge in [0, 0.05) is 23.6 Å². The normalized spacial score (nSPS) is 15.8. The molecule has 142 valence electrons. The summed E-state index contributed by atoms with van der Waals surface area (Å²) < 4.78 is 14.0. The van der Waals surface area contributed by atoms with Gasteiger partial charge >= 0.3 is 6.03 Å². The van der Waals surface area contributed by atoms with Crippen LogP contribution in [0.3, 0.4) is 0 Å². The third-order valence-electron chi connectivity index (χ3n) is 4.27. The van der Waals surface area contributed by atoms with Crippen molar-refractivity contribution in [3.8, 4) is 0 Å². The van der Waals surface area contributed by atoms with Crippen molar-refractivity contribution in [2.45, 2.75) is 26.0 Å². The van der Waals surface area contributed by atoms with Crippen LogP contribution in [0.4, 0.5) is 9.18 Å². The van der Waals surface area contributed by atoms with E-state index < -0.39 is 0 Å². The van der Waals surface area contributed by atoms with Gasteiger partial charge in [0.2, 0.25) is 0 Å². The first-order chi connectivity index (χ1) is 13.1. The van der Waals surface area contributed by atoms with Crippen LogP contribution in [-0.4, -0.2) is 35.8 Å². The maximum atomic E-state index is 14.0. The molecule has 0 fully saturated rings. The molecule has 1 unspecified atom stereocenters. The summed E-state index contributed by atoms with van der Waals surface area (Å²) in [7, 11) is 0. The highest BCUT2D eigenvalue weighted by atomic mass is 35.5. The van der Waals surface area contributed by atoms with Crippen LogP contribution in [0.1, 0.15) is 24.5 Å². The fourth-order valence-corrected chi connectivity index (χ4v) is 3.03. The molecule has 1 N–H and O–H groups in total. The van der Waals surface area contributed by atoms with Crippen molar-refractivity contribution < 1.29 is 14.0 Å². The molecule has 27 heavy (non-hydrogen) atoms. The van der Waals surface area contributed by atoms with Crippen molar-refractivity contribution in [1.82, 2.24) is 10.2 Å². The average Bonchev–Trinajstić information content (AvgIpc) is 3.12. The Kier molecular flexibility index (Phi) is 6.29. The number of amides is 2. The number of oxime groups is 1. The van der Waals surface area contributed by atoms with Gasteiger partial charge in [-0.25, -0.2) is 9.18 Å². The van der Waals surface area contributed by atoms with Gasteiger partial charge in [0.25, 0.3) is 0 Å². The maximum Gasteiger partial charge on any atom is 0.317 e. The molecule has 0 spiro atoms. The molecule has 0 radical (unpaired) electrons. The molecular weight excluding hydrogens is 369 g/mol. The first-order valence-corrected chi connectivity index (χ1v) is 9.19. The second-order valence-corrected chi connectivity index (χ2v) is 6.72. The number of carbonyl (C=O) groups is 1. The minimum atomic E-state index is -0.336. The Morgan fingerprint density at radius 1 is 1.30 bits per heavy atom. The minimum Gasteiger partial charge on any atom is -0.390 e. The molecule has 7 heteroatoms. The number of hydrogen-bond acceptors (Lipinski definition) is 3. The fourth-order valence-electron chi connectivity index (χ4n) is 2.90. The van der Waals surface area contributed by atoms with E-state index in [9.17, 15) is 9.18 Å². The number of carbonyl (C=O) groups excluding carboxylic acids is 1. The van der Waals surface area contributed by atoms with Crippen molar-refractivity contribution in [3.63, 3.8) is 0 Å². The van der Waals surface area contributed by atoms with E-state index in [4.69, 9.17) is 16.4 Å². The summed E-state index contributed by atoms with van der Waals surface area (Å²) in [4.78, 5) is 19.5. The van der Waals surface area contributed by atoms with Crippen molar-refractivity contribution in [2.24, 2.45) is 5.16 Å². The molecule has 0 aliphatic carbocycles. The summed E-state index contributed by atoms with van der Waals surface area (Å²) in [5, 5.41) is 7.56. The molecule has 1 aliphatic heterocycles. The molecule has 0 aromatic heterocycles. The molecule has 2 amide bonds. The Bertz CT molecular complexity index is 826. The van der Waals surface area contributed by atoms with E-state index in [1.165, 1.54) is 6.07 Å². The zero-order chi connectivity index (χ0) is 19.2. The molecule has 0 saturated carbocycles. The monoisotopic (exact) mass is 389 g/mol. The first-order valence-electron chi connectivity index (χ1n) is 8.81. The Labute approximate surface area is 162 Å². The lowest BCUT2D eigenvalue weighted by Gasteiger charge is -2.25. The molecule has 2 aromatic carbocycles. The third kappa shape index (κ3) is 4.98. The van der Waals surface area contributed by atoms with Crippen LogP contribution in [0.2, 0.25) is 5.02 Å². The molecule has 0 bridgehead atoms. The second-order valence-electron chi connectivity index (χ2n) is 6.28. The number of nitrogens with one attached hydrogen (secondary N) is 1. The topological polar surface area (TPSA) is 53.9 Å². The quantitative estimate of drug-likeness (QED) is 0.804. The van der Waals surface area contributed by atoms with Gasteiger partial charge in [-0.2, -0.15) is 0 Å². The lowest BCUT2D eigenvalue weighted by atomic mass is 10.0. The summed E-state index contributed by atoms with van der Waals surface area (Å²) >= 11 is 5.92. The van der Waals surface area contributed by atoms with Gasteiger partial charge in [0.15, 0.2) is 6.10 Å². The van der Waals surface area contributed by atoms with Crippen LogP contribution in [-0.2, 0) is 11.4 Å². The Morgan fingerprint density at radius 2 is 2.04 bits per heavy atom. The van der Waals surface area contributed by atoms with Crippen LogP contribution in [0, 0.1) is 5.82 Å². The van der Waals surface area contributed by atoms with Gasteiger partial charge in [-0.05, 0) is 30.7 Å². The van der Waals surface area contributed by atoms with E-state index in [2.05, 4.69) is 10.5 Å². The highest BCUT2D eigenvalue weighted by molar-refractivity contribution is 6.30. The van der Waals surface area contributed by atoms with Crippen LogP contribution in [0.25, 0.3) is 0 Å². The molecule has 1 atom stereocenters. The summed E-state index contributed by atoms with van der Waals surface area (Å²) in [6.07, 6.45) is 0.277. The highest BCUT2D eigenvalue weighted by Crippen LogP contribution is 2.20. The Morgan fingerprint density at radius 3 is 2.74 bits per heavy atom. The second kappa shape index (κ2) is 8.86. The average molecular weight is 390 g/mol. The lowest BCUT2D eigenvalue weighted by molar-refractivity contribution is 0.0588. The predicted molar refractivity (Wildman–Crippen MR) is 103 cm³/mol. The largest absolute Gasteiger partial charge is 0.390 e. The molecule has 2 aromatic rings. The SMILES string of the molecule is CCNC(=O)N(Cc1ccccc1F)CC1CC(c2ccc(Cl)cc2)=NO1. The fraction of sp³-hybridized carbons (Fsp3) is 0.300. The summed E-state index contributed by atoms with van der Waals surface area (Å²) in [5.74, 6) is -0.336. The van der Waals surface area contributed by atoms with Crippen molar-refractivity contribution >= 4 is 23.3 Å². The smallest absolute Gasteiger partial charge is 0.317 e. The van der Waals surface area contributed by atoms with Gasteiger partial charge in [-0.1, -0.05) is 47.1 Å². The van der Waals surface area contributed by atoms with Gasteiger partial charge in [0.05, 0.1) is 18.8 Å².